The van der Waals surface area contributed by atoms with Gasteiger partial charge in [0, 0.05) is 18.7 Å². The van der Waals surface area contributed by atoms with Gasteiger partial charge >= 0.3 is 0 Å². The fourth-order valence-corrected chi connectivity index (χ4v) is 7.67. The molecule has 6 atom stereocenters. The van der Waals surface area contributed by atoms with E-state index >= 15 is 0 Å². The molecule has 3 heterocycles. The van der Waals surface area contributed by atoms with Gasteiger partial charge in [-0.15, -0.1) is 0 Å². The van der Waals surface area contributed by atoms with Gasteiger partial charge in [-0.1, -0.05) is 24.3 Å². The van der Waals surface area contributed by atoms with Crippen LogP contribution in [0.3, 0.4) is 0 Å². The number of likely N-dealkylation sites (tertiary alicyclic amines) is 1. The Morgan fingerprint density at radius 3 is 2.91 bits per heavy atom. The number of benzene rings is 2. The molecule has 2 aliphatic carbocycles. The summed E-state index contributed by atoms with van der Waals surface area (Å²) in [5.74, 6) is 0.902. The minimum atomic E-state index is -0.831. The molecule has 1 saturated carbocycles. The van der Waals surface area contributed by atoms with Gasteiger partial charge in [-0.2, -0.15) is 0 Å². The Balaban J connectivity index is 1.20. The number of carbonyl (C=O) groups is 1. The van der Waals surface area contributed by atoms with Gasteiger partial charge < -0.3 is 29.7 Å². The second kappa shape index (κ2) is 6.97. The normalized spacial score (nSPS) is 37.5. The van der Waals surface area contributed by atoms with E-state index in [1.807, 2.05) is 37.4 Å². The maximum atomic E-state index is 13.0. The number of amides is 1. The van der Waals surface area contributed by atoms with Crippen molar-refractivity contribution >= 4 is 17.3 Å². The van der Waals surface area contributed by atoms with Crippen molar-refractivity contribution in [1.29, 1.82) is 0 Å². The molecule has 2 aromatic rings. The van der Waals surface area contributed by atoms with E-state index < -0.39 is 17.1 Å². The zero-order valence-electron chi connectivity index (χ0n) is 19.7. The molecule has 1 spiro atoms. The molecule has 34 heavy (non-hydrogen) atoms. The largest absolute Gasteiger partial charge is 0.486 e. The van der Waals surface area contributed by atoms with E-state index in [2.05, 4.69) is 29.4 Å². The summed E-state index contributed by atoms with van der Waals surface area (Å²) in [4.78, 5) is 17.1. The summed E-state index contributed by atoms with van der Waals surface area (Å²) in [6.45, 7) is 1.20. The molecule has 1 amide bonds. The molecule has 3 aliphatic heterocycles. The quantitative estimate of drug-likeness (QED) is 0.731. The topological polar surface area (TPSA) is 74.3 Å². The zero-order chi connectivity index (χ0) is 23.2. The van der Waals surface area contributed by atoms with Gasteiger partial charge in [0.1, 0.15) is 17.9 Å². The van der Waals surface area contributed by atoms with Crippen molar-refractivity contribution in [3.8, 4) is 5.75 Å². The van der Waals surface area contributed by atoms with Gasteiger partial charge in [-0.25, -0.2) is 0 Å². The van der Waals surface area contributed by atoms with Crippen LogP contribution in [0, 0.1) is 0 Å². The smallest absolute Gasteiger partial charge is 0.251 e. The third-order valence-electron chi connectivity index (χ3n) is 9.27. The average molecular weight is 462 g/mol. The number of para-hydroxylation sites is 2. The molecule has 2 bridgehead atoms. The van der Waals surface area contributed by atoms with Crippen LogP contribution in [0.4, 0.5) is 11.4 Å². The molecule has 7 nitrogen and oxygen atoms in total. The second-order valence-corrected chi connectivity index (χ2v) is 10.7. The summed E-state index contributed by atoms with van der Waals surface area (Å²) >= 11 is 0. The van der Waals surface area contributed by atoms with Crippen LogP contribution in [0.1, 0.15) is 30.4 Å². The summed E-state index contributed by atoms with van der Waals surface area (Å²) < 4.78 is 13.1. The Bertz CT molecular complexity index is 1190. The number of fused-ring (bicyclic) bond motifs is 1. The van der Waals surface area contributed by atoms with Gasteiger partial charge in [-0.05, 0) is 63.0 Å². The molecular weight excluding hydrogens is 430 g/mol. The van der Waals surface area contributed by atoms with Crippen molar-refractivity contribution in [2.45, 2.75) is 61.0 Å². The zero-order valence-corrected chi connectivity index (χ0v) is 19.7. The van der Waals surface area contributed by atoms with Gasteiger partial charge in [0.05, 0.1) is 35.1 Å². The first kappa shape index (κ1) is 20.7. The van der Waals surface area contributed by atoms with Crippen LogP contribution >= 0.6 is 0 Å². The number of aliphatic hydroxyl groups is 1. The SMILES string of the molecule is CN1C(=O)C(CO[C@@H]2CCC3(O)[C@H]4Cc5cccc6c5[C@@]3(CCN4C)[C@H]2O6)Nc2ccccc21. The highest BCUT2D eigenvalue weighted by atomic mass is 16.5. The first-order valence-corrected chi connectivity index (χ1v) is 12.4. The molecule has 2 fully saturated rings. The first-order valence-electron chi connectivity index (χ1n) is 12.4. The second-order valence-electron chi connectivity index (χ2n) is 10.7. The first-order chi connectivity index (χ1) is 16.4. The summed E-state index contributed by atoms with van der Waals surface area (Å²) in [7, 11) is 3.94. The highest BCUT2D eigenvalue weighted by Gasteiger charge is 2.72. The molecule has 2 N–H and O–H groups in total. The predicted molar refractivity (Wildman–Crippen MR) is 128 cm³/mol. The van der Waals surface area contributed by atoms with Crippen molar-refractivity contribution in [2.75, 3.05) is 37.5 Å². The van der Waals surface area contributed by atoms with Gasteiger partial charge in [0.25, 0.3) is 5.91 Å². The Hall–Kier alpha value is -2.61. The van der Waals surface area contributed by atoms with Crippen LogP contribution < -0.4 is 15.0 Å². The van der Waals surface area contributed by atoms with E-state index in [0.29, 0.717) is 12.8 Å². The Kier molecular flexibility index (Phi) is 4.25. The summed E-state index contributed by atoms with van der Waals surface area (Å²) in [5.41, 5.74) is 3.04. The Labute approximate surface area is 199 Å². The van der Waals surface area contributed by atoms with Crippen molar-refractivity contribution in [3.63, 3.8) is 0 Å². The highest BCUT2D eigenvalue weighted by molar-refractivity contribution is 6.04. The fraction of sp³-hybridized carbons (Fsp3) is 0.519. The molecule has 178 valence electrons. The molecule has 2 aromatic carbocycles. The summed E-state index contributed by atoms with van der Waals surface area (Å²) in [6, 6.07) is 13.8. The maximum Gasteiger partial charge on any atom is 0.251 e. The van der Waals surface area contributed by atoms with Crippen LogP contribution in [-0.4, -0.2) is 73.1 Å². The number of hydrogen-bond acceptors (Lipinski definition) is 6. The van der Waals surface area contributed by atoms with Gasteiger partial charge in [0.2, 0.25) is 0 Å². The van der Waals surface area contributed by atoms with Crippen LogP contribution in [0.5, 0.6) is 5.75 Å². The molecule has 7 rings (SSSR count). The summed E-state index contributed by atoms with van der Waals surface area (Å²) in [5, 5.41) is 15.6. The number of likely N-dealkylation sites (N-methyl/N-ethyl adjacent to an activating group) is 2. The monoisotopic (exact) mass is 461 g/mol. The molecule has 1 saturated heterocycles. The van der Waals surface area contributed by atoms with E-state index in [1.54, 1.807) is 4.90 Å². The minimum absolute atomic E-state index is 0.000822. The number of hydrogen-bond donors (Lipinski definition) is 2. The third-order valence-corrected chi connectivity index (χ3v) is 9.27. The molecular formula is C27H31N3O4. The van der Waals surface area contributed by atoms with E-state index in [-0.39, 0.29) is 30.8 Å². The lowest BCUT2D eigenvalue weighted by Gasteiger charge is -2.63. The number of ether oxygens (including phenoxy) is 2. The number of nitrogens with zero attached hydrogens (tertiary/aromatic N) is 2. The maximum absolute atomic E-state index is 13.0. The van der Waals surface area contributed by atoms with E-state index in [9.17, 15) is 9.90 Å². The molecule has 7 heteroatoms. The number of anilines is 2. The predicted octanol–water partition coefficient (Wildman–Crippen LogP) is 2.31. The number of nitrogens with one attached hydrogen (secondary N) is 1. The Morgan fingerprint density at radius 2 is 2.03 bits per heavy atom. The third kappa shape index (κ3) is 2.45. The lowest BCUT2D eigenvalue weighted by molar-refractivity contribution is -0.212. The number of piperidine rings is 1. The molecule has 0 aromatic heterocycles. The highest BCUT2D eigenvalue weighted by Crippen LogP contribution is 2.64. The van der Waals surface area contributed by atoms with Crippen molar-refractivity contribution < 1.29 is 19.4 Å². The molecule has 0 radical (unpaired) electrons. The average Bonchev–Trinajstić information content (AvgIpc) is 3.19. The summed E-state index contributed by atoms with van der Waals surface area (Å²) in [6.07, 6.45) is 2.66. The van der Waals surface area contributed by atoms with E-state index in [0.717, 1.165) is 36.5 Å². The molecule has 2 unspecified atom stereocenters. The number of carbonyl (C=O) groups excluding carboxylic acids is 1. The standard InChI is InChI=1S/C27H31N3O4/c1-29-13-12-26-23-16-6-5-9-20(23)34-24(26)21(10-11-27(26,32)22(29)14-16)33-15-18-25(31)30(2)19-8-4-3-7-17(19)28-18/h3-9,18,21-22,24,28,32H,10-15H2,1-2H3/t18?,21-,22-,24+,26+,27?/m1/s1. The van der Waals surface area contributed by atoms with Crippen LogP contribution in [0.25, 0.3) is 0 Å². The van der Waals surface area contributed by atoms with E-state index in [1.165, 1.54) is 11.1 Å². The van der Waals surface area contributed by atoms with Crippen molar-refractivity contribution in [2.24, 2.45) is 0 Å². The van der Waals surface area contributed by atoms with Gasteiger partial charge in [0.15, 0.2) is 0 Å². The molecule has 5 aliphatic rings. The number of rotatable bonds is 3. The van der Waals surface area contributed by atoms with Crippen LogP contribution in [0.2, 0.25) is 0 Å². The van der Waals surface area contributed by atoms with Crippen molar-refractivity contribution in [3.05, 3.63) is 53.6 Å². The van der Waals surface area contributed by atoms with E-state index in [4.69, 9.17) is 9.47 Å². The minimum Gasteiger partial charge on any atom is -0.486 e. The van der Waals surface area contributed by atoms with Crippen molar-refractivity contribution in [1.82, 2.24) is 4.90 Å². The van der Waals surface area contributed by atoms with Crippen LogP contribution in [-0.2, 0) is 21.4 Å². The lowest BCUT2D eigenvalue weighted by atomic mass is 9.49. The Morgan fingerprint density at radius 1 is 1.18 bits per heavy atom. The van der Waals surface area contributed by atoms with Crippen LogP contribution in [0.15, 0.2) is 42.5 Å². The fourth-order valence-electron chi connectivity index (χ4n) is 7.67. The van der Waals surface area contributed by atoms with Gasteiger partial charge in [-0.3, -0.25) is 4.79 Å². The lowest BCUT2D eigenvalue weighted by Crippen LogP contribution is -2.76.